The first-order valence-electron chi connectivity index (χ1n) is 6.47. The molecule has 0 aromatic heterocycles. The number of benzene rings is 1. The maximum absolute atomic E-state index is 6.22. The first kappa shape index (κ1) is 13.2. The molecule has 0 radical (unpaired) electrons. The first-order chi connectivity index (χ1) is 8.58. The van der Waals surface area contributed by atoms with Gasteiger partial charge in [0.25, 0.3) is 0 Å². The van der Waals surface area contributed by atoms with Crippen molar-refractivity contribution in [3.63, 3.8) is 0 Å². The average molecular weight is 250 g/mol. The van der Waals surface area contributed by atoms with Crippen LogP contribution in [0.25, 0.3) is 0 Å². The van der Waals surface area contributed by atoms with Gasteiger partial charge in [-0.05, 0) is 30.2 Å². The number of hydrogen-bond donors (Lipinski definition) is 2. The molecule has 0 saturated carbocycles. The molecular formula is C14H22N2O2. The number of nitrogens with two attached hydrogens (primary N) is 1. The summed E-state index contributed by atoms with van der Waals surface area (Å²) in [6.45, 7) is 8.27. The summed E-state index contributed by atoms with van der Waals surface area (Å²) in [5, 5.41) is 3.35. The summed E-state index contributed by atoms with van der Waals surface area (Å²) in [7, 11) is 0. The van der Waals surface area contributed by atoms with Crippen molar-refractivity contribution in [3.8, 4) is 11.5 Å². The van der Waals surface area contributed by atoms with Gasteiger partial charge in [-0.15, -0.1) is 0 Å². The Morgan fingerprint density at radius 2 is 1.83 bits per heavy atom. The molecule has 1 aromatic rings. The highest BCUT2D eigenvalue weighted by Gasteiger charge is 2.17. The van der Waals surface area contributed by atoms with Crippen LogP contribution in [-0.4, -0.2) is 25.8 Å². The SMILES string of the molecule is Cc1cc2c(cc1C(N)CNC(C)C)OCCO2. The Kier molecular flexibility index (Phi) is 4.09. The van der Waals surface area contributed by atoms with Gasteiger partial charge in [-0.1, -0.05) is 13.8 Å². The normalized spacial score (nSPS) is 15.8. The molecule has 0 aliphatic carbocycles. The number of ether oxygens (including phenoxy) is 2. The maximum Gasteiger partial charge on any atom is 0.161 e. The van der Waals surface area contributed by atoms with Crippen molar-refractivity contribution in [1.29, 1.82) is 0 Å². The molecule has 4 nitrogen and oxygen atoms in total. The third kappa shape index (κ3) is 2.94. The molecule has 0 amide bonds. The maximum atomic E-state index is 6.22. The van der Waals surface area contributed by atoms with E-state index in [0.717, 1.165) is 29.2 Å². The van der Waals surface area contributed by atoms with Crippen molar-refractivity contribution >= 4 is 0 Å². The zero-order chi connectivity index (χ0) is 13.1. The molecule has 1 unspecified atom stereocenters. The Morgan fingerprint density at radius 1 is 1.22 bits per heavy atom. The molecule has 1 aromatic carbocycles. The highest BCUT2D eigenvalue weighted by Crippen LogP contribution is 2.34. The predicted molar refractivity (Wildman–Crippen MR) is 72.2 cm³/mol. The summed E-state index contributed by atoms with van der Waals surface area (Å²) >= 11 is 0. The van der Waals surface area contributed by atoms with Crippen LogP contribution in [0.2, 0.25) is 0 Å². The average Bonchev–Trinajstić information content (AvgIpc) is 2.35. The number of rotatable bonds is 4. The monoisotopic (exact) mass is 250 g/mol. The number of nitrogens with one attached hydrogen (secondary N) is 1. The molecule has 0 saturated heterocycles. The molecule has 0 bridgehead atoms. The van der Waals surface area contributed by atoms with Crippen LogP contribution in [0.15, 0.2) is 12.1 Å². The molecule has 1 atom stereocenters. The lowest BCUT2D eigenvalue weighted by Crippen LogP contribution is -2.32. The first-order valence-corrected chi connectivity index (χ1v) is 6.47. The smallest absolute Gasteiger partial charge is 0.161 e. The third-order valence-electron chi connectivity index (χ3n) is 3.08. The minimum absolute atomic E-state index is 0.0248. The Hall–Kier alpha value is -1.26. The summed E-state index contributed by atoms with van der Waals surface area (Å²) in [4.78, 5) is 0. The lowest BCUT2D eigenvalue weighted by atomic mass is 10.0. The second-order valence-electron chi connectivity index (χ2n) is 5.02. The second-order valence-corrected chi connectivity index (χ2v) is 5.02. The van der Waals surface area contributed by atoms with E-state index >= 15 is 0 Å². The van der Waals surface area contributed by atoms with Crippen LogP contribution in [0, 0.1) is 6.92 Å². The molecule has 2 rings (SSSR count). The van der Waals surface area contributed by atoms with Crippen LogP contribution < -0.4 is 20.5 Å². The Morgan fingerprint density at radius 3 is 2.44 bits per heavy atom. The van der Waals surface area contributed by atoms with Gasteiger partial charge in [-0.3, -0.25) is 0 Å². The zero-order valence-electron chi connectivity index (χ0n) is 11.3. The molecule has 18 heavy (non-hydrogen) atoms. The molecule has 1 aliphatic rings. The summed E-state index contributed by atoms with van der Waals surface area (Å²) in [6.07, 6.45) is 0. The molecule has 1 heterocycles. The summed E-state index contributed by atoms with van der Waals surface area (Å²) in [6, 6.07) is 4.44. The largest absolute Gasteiger partial charge is 0.486 e. The van der Waals surface area contributed by atoms with Crippen LogP contribution in [0.5, 0.6) is 11.5 Å². The summed E-state index contributed by atoms with van der Waals surface area (Å²) < 4.78 is 11.1. The molecule has 4 heteroatoms. The van der Waals surface area contributed by atoms with E-state index in [1.165, 1.54) is 0 Å². The number of aryl methyl sites for hydroxylation is 1. The van der Waals surface area contributed by atoms with Gasteiger partial charge >= 0.3 is 0 Å². The van der Waals surface area contributed by atoms with Crippen LogP contribution >= 0.6 is 0 Å². The fourth-order valence-electron chi connectivity index (χ4n) is 2.08. The molecule has 1 aliphatic heterocycles. The van der Waals surface area contributed by atoms with Crippen molar-refractivity contribution in [2.45, 2.75) is 32.9 Å². The number of fused-ring (bicyclic) bond motifs is 1. The molecule has 3 N–H and O–H groups in total. The Labute approximate surface area is 108 Å². The van der Waals surface area contributed by atoms with Gasteiger partial charge in [0, 0.05) is 18.6 Å². The van der Waals surface area contributed by atoms with E-state index in [1.807, 2.05) is 12.1 Å². The minimum atomic E-state index is -0.0248. The van der Waals surface area contributed by atoms with Gasteiger partial charge in [-0.25, -0.2) is 0 Å². The van der Waals surface area contributed by atoms with Gasteiger partial charge in [-0.2, -0.15) is 0 Å². The predicted octanol–water partition coefficient (Wildman–Crippen LogP) is 1.76. The van der Waals surface area contributed by atoms with E-state index in [4.69, 9.17) is 15.2 Å². The molecule has 0 fully saturated rings. The highest BCUT2D eigenvalue weighted by molar-refractivity contribution is 5.48. The van der Waals surface area contributed by atoms with Crippen LogP contribution in [-0.2, 0) is 0 Å². The van der Waals surface area contributed by atoms with Crippen molar-refractivity contribution < 1.29 is 9.47 Å². The van der Waals surface area contributed by atoms with Gasteiger partial charge in [0.15, 0.2) is 11.5 Å². The molecular weight excluding hydrogens is 228 g/mol. The van der Waals surface area contributed by atoms with Gasteiger partial charge in [0.2, 0.25) is 0 Å². The quantitative estimate of drug-likeness (QED) is 0.855. The third-order valence-corrected chi connectivity index (χ3v) is 3.08. The Balaban J connectivity index is 2.17. The highest BCUT2D eigenvalue weighted by atomic mass is 16.6. The number of hydrogen-bond acceptors (Lipinski definition) is 4. The van der Waals surface area contributed by atoms with E-state index in [9.17, 15) is 0 Å². The van der Waals surface area contributed by atoms with E-state index in [1.54, 1.807) is 0 Å². The van der Waals surface area contributed by atoms with Gasteiger partial charge in [0.05, 0.1) is 0 Å². The zero-order valence-corrected chi connectivity index (χ0v) is 11.3. The van der Waals surface area contributed by atoms with E-state index in [2.05, 4.69) is 26.1 Å². The van der Waals surface area contributed by atoms with Crippen molar-refractivity contribution in [2.24, 2.45) is 5.73 Å². The fraction of sp³-hybridized carbons (Fsp3) is 0.571. The molecule has 0 spiro atoms. The Bertz CT molecular complexity index is 419. The topological polar surface area (TPSA) is 56.5 Å². The second kappa shape index (κ2) is 5.59. The van der Waals surface area contributed by atoms with Gasteiger partial charge < -0.3 is 20.5 Å². The molecule has 100 valence electrons. The summed E-state index contributed by atoms with van der Waals surface area (Å²) in [5.74, 6) is 1.63. The van der Waals surface area contributed by atoms with Crippen molar-refractivity contribution in [2.75, 3.05) is 19.8 Å². The van der Waals surface area contributed by atoms with E-state index < -0.39 is 0 Å². The lowest BCUT2D eigenvalue weighted by Gasteiger charge is -2.23. The van der Waals surface area contributed by atoms with E-state index in [0.29, 0.717) is 19.3 Å². The van der Waals surface area contributed by atoms with Crippen LogP contribution in [0.4, 0.5) is 0 Å². The van der Waals surface area contributed by atoms with Gasteiger partial charge in [0.1, 0.15) is 13.2 Å². The summed E-state index contributed by atoms with van der Waals surface area (Å²) in [5.41, 5.74) is 8.49. The fourth-order valence-corrected chi connectivity index (χ4v) is 2.08. The van der Waals surface area contributed by atoms with Crippen LogP contribution in [0.1, 0.15) is 31.0 Å². The standard InChI is InChI=1S/C14H22N2O2/c1-9(2)16-8-12(15)11-7-14-13(6-10(11)3)17-4-5-18-14/h6-7,9,12,16H,4-5,8,15H2,1-3H3. The lowest BCUT2D eigenvalue weighted by molar-refractivity contribution is 0.171. The van der Waals surface area contributed by atoms with E-state index in [-0.39, 0.29) is 6.04 Å². The van der Waals surface area contributed by atoms with Crippen LogP contribution in [0.3, 0.4) is 0 Å². The van der Waals surface area contributed by atoms with Crippen molar-refractivity contribution in [3.05, 3.63) is 23.3 Å². The van der Waals surface area contributed by atoms with Crippen molar-refractivity contribution in [1.82, 2.24) is 5.32 Å². The minimum Gasteiger partial charge on any atom is -0.486 e.